The molecule has 1 aliphatic heterocycles. The summed E-state index contributed by atoms with van der Waals surface area (Å²) in [5.74, 6) is 1.72. The molecular weight excluding hydrogens is 366 g/mol. The zero-order valence-corrected chi connectivity index (χ0v) is 16.5. The molecule has 0 saturated heterocycles. The normalized spacial score (nSPS) is 12.5. The fraction of sp³-hybridized carbons (Fsp3) is 0.208. The third-order valence-electron chi connectivity index (χ3n) is 5.10. The lowest BCUT2D eigenvalue weighted by molar-refractivity contribution is -0.118. The number of carbonyl (C=O) groups is 1. The lowest BCUT2D eigenvalue weighted by atomic mass is 9.78. The zero-order chi connectivity index (χ0) is 20.3. The van der Waals surface area contributed by atoms with Gasteiger partial charge in [-0.05, 0) is 35.4 Å². The van der Waals surface area contributed by atoms with Crippen LogP contribution < -0.4 is 19.5 Å². The quantitative estimate of drug-likeness (QED) is 0.660. The topological polar surface area (TPSA) is 56.8 Å². The van der Waals surface area contributed by atoms with E-state index in [0.29, 0.717) is 22.9 Å². The van der Waals surface area contributed by atoms with Crippen molar-refractivity contribution < 1.29 is 19.0 Å². The van der Waals surface area contributed by atoms with Crippen molar-refractivity contribution in [2.24, 2.45) is 0 Å². The van der Waals surface area contributed by atoms with Gasteiger partial charge >= 0.3 is 0 Å². The third kappa shape index (κ3) is 4.19. The molecule has 3 aromatic carbocycles. The largest absolute Gasteiger partial charge is 0.484 e. The van der Waals surface area contributed by atoms with Gasteiger partial charge in [0.25, 0.3) is 5.91 Å². The number of benzene rings is 3. The van der Waals surface area contributed by atoms with Gasteiger partial charge in [0.1, 0.15) is 5.75 Å². The molecule has 0 unspecified atom stereocenters. The molecule has 5 heteroatoms. The number of anilines is 1. The van der Waals surface area contributed by atoms with Crippen molar-refractivity contribution in [1.29, 1.82) is 0 Å². The van der Waals surface area contributed by atoms with Crippen LogP contribution in [0, 0.1) is 0 Å². The second-order valence-corrected chi connectivity index (χ2v) is 7.42. The van der Waals surface area contributed by atoms with Gasteiger partial charge in [-0.1, -0.05) is 56.3 Å². The molecule has 5 nitrogen and oxygen atoms in total. The van der Waals surface area contributed by atoms with Crippen molar-refractivity contribution in [2.45, 2.75) is 19.3 Å². The van der Waals surface area contributed by atoms with E-state index < -0.39 is 0 Å². The Morgan fingerprint density at radius 1 is 0.931 bits per heavy atom. The van der Waals surface area contributed by atoms with E-state index in [9.17, 15) is 4.79 Å². The van der Waals surface area contributed by atoms with Gasteiger partial charge in [0.2, 0.25) is 6.79 Å². The van der Waals surface area contributed by atoms with E-state index in [1.54, 1.807) is 18.2 Å². The van der Waals surface area contributed by atoms with Crippen LogP contribution in [0.25, 0.3) is 0 Å². The molecule has 0 atom stereocenters. The van der Waals surface area contributed by atoms with Crippen molar-refractivity contribution >= 4 is 11.6 Å². The Kier molecular flexibility index (Phi) is 5.12. The Balaban J connectivity index is 1.35. The molecule has 0 aliphatic carbocycles. The van der Waals surface area contributed by atoms with Gasteiger partial charge in [0.05, 0.1) is 0 Å². The van der Waals surface area contributed by atoms with Gasteiger partial charge in [0.15, 0.2) is 18.1 Å². The summed E-state index contributed by atoms with van der Waals surface area (Å²) in [5, 5.41) is 2.80. The van der Waals surface area contributed by atoms with Crippen LogP contribution in [0.15, 0.2) is 72.8 Å². The number of amides is 1. The van der Waals surface area contributed by atoms with E-state index in [0.717, 1.165) is 0 Å². The van der Waals surface area contributed by atoms with E-state index in [1.165, 1.54) is 11.1 Å². The lowest BCUT2D eigenvalue weighted by Crippen LogP contribution is -2.20. The Morgan fingerprint density at radius 3 is 2.38 bits per heavy atom. The molecule has 0 bridgehead atoms. The number of hydrogen-bond acceptors (Lipinski definition) is 4. The van der Waals surface area contributed by atoms with Gasteiger partial charge in [-0.2, -0.15) is 0 Å². The van der Waals surface area contributed by atoms with E-state index in [4.69, 9.17) is 14.2 Å². The summed E-state index contributed by atoms with van der Waals surface area (Å²) in [5.41, 5.74) is 2.96. The van der Waals surface area contributed by atoms with Crippen molar-refractivity contribution in [3.8, 4) is 17.2 Å². The molecule has 1 amide bonds. The molecule has 0 radical (unpaired) electrons. The number of ether oxygens (including phenoxy) is 3. The fourth-order valence-corrected chi connectivity index (χ4v) is 3.31. The molecule has 1 aliphatic rings. The second kappa shape index (κ2) is 7.87. The molecule has 0 saturated carbocycles. The highest BCUT2D eigenvalue weighted by Gasteiger charge is 2.22. The number of nitrogens with one attached hydrogen (secondary N) is 1. The Hall–Kier alpha value is -3.47. The first-order valence-corrected chi connectivity index (χ1v) is 9.51. The molecule has 1 N–H and O–H groups in total. The minimum Gasteiger partial charge on any atom is -0.484 e. The van der Waals surface area contributed by atoms with Crippen LogP contribution in [0.1, 0.15) is 25.0 Å². The molecule has 148 valence electrons. The standard InChI is InChI=1S/C24H23NO4/c1-24(2,17-6-4-3-5-7-17)18-8-11-20(12-9-18)27-15-23(26)25-19-10-13-21-22(14-19)29-16-28-21/h3-14H,15-16H2,1-2H3,(H,25,26). The SMILES string of the molecule is CC(C)(c1ccccc1)c1ccc(OCC(=O)Nc2ccc3c(c2)OCO3)cc1. The summed E-state index contributed by atoms with van der Waals surface area (Å²) >= 11 is 0. The van der Waals surface area contributed by atoms with Crippen LogP contribution in [0.4, 0.5) is 5.69 Å². The first-order valence-electron chi connectivity index (χ1n) is 9.51. The van der Waals surface area contributed by atoms with E-state index >= 15 is 0 Å². The van der Waals surface area contributed by atoms with Gasteiger partial charge in [0, 0.05) is 17.2 Å². The summed E-state index contributed by atoms with van der Waals surface area (Å²) in [6, 6.07) is 23.5. The first-order chi connectivity index (χ1) is 14.0. The maximum atomic E-state index is 12.2. The zero-order valence-electron chi connectivity index (χ0n) is 16.5. The van der Waals surface area contributed by atoms with Gasteiger partial charge in [-0.25, -0.2) is 0 Å². The van der Waals surface area contributed by atoms with Gasteiger partial charge in [-0.15, -0.1) is 0 Å². The monoisotopic (exact) mass is 389 g/mol. The van der Waals surface area contributed by atoms with Crippen LogP contribution in [-0.2, 0) is 10.2 Å². The Bertz CT molecular complexity index is 997. The lowest BCUT2D eigenvalue weighted by Gasteiger charge is -2.26. The molecule has 0 fully saturated rings. The van der Waals surface area contributed by atoms with Crippen LogP contribution >= 0.6 is 0 Å². The highest BCUT2D eigenvalue weighted by Crippen LogP contribution is 2.34. The third-order valence-corrected chi connectivity index (χ3v) is 5.10. The van der Waals surface area contributed by atoms with E-state index in [1.807, 2.05) is 42.5 Å². The molecule has 3 aromatic rings. The minimum absolute atomic E-state index is 0.0735. The van der Waals surface area contributed by atoms with Crippen LogP contribution in [0.3, 0.4) is 0 Å². The van der Waals surface area contributed by atoms with Crippen LogP contribution in [0.5, 0.6) is 17.2 Å². The molecular formula is C24H23NO4. The molecule has 0 aromatic heterocycles. The molecule has 0 spiro atoms. The van der Waals surface area contributed by atoms with Crippen molar-refractivity contribution in [3.63, 3.8) is 0 Å². The molecule has 29 heavy (non-hydrogen) atoms. The van der Waals surface area contributed by atoms with E-state index in [2.05, 4.69) is 31.3 Å². The molecule has 1 heterocycles. The number of carbonyl (C=O) groups excluding carboxylic acids is 1. The van der Waals surface area contributed by atoms with E-state index in [-0.39, 0.29) is 24.7 Å². The maximum absolute atomic E-state index is 12.2. The predicted molar refractivity (Wildman–Crippen MR) is 112 cm³/mol. The first kappa shape index (κ1) is 18.9. The maximum Gasteiger partial charge on any atom is 0.262 e. The number of rotatable bonds is 6. The van der Waals surface area contributed by atoms with Crippen LogP contribution in [-0.4, -0.2) is 19.3 Å². The average Bonchev–Trinajstić information content (AvgIpc) is 3.21. The summed E-state index contributed by atoms with van der Waals surface area (Å²) in [6.07, 6.45) is 0. The highest BCUT2D eigenvalue weighted by atomic mass is 16.7. The summed E-state index contributed by atoms with van der Waals surface area (Å²) in [6.45, 7) is 4.51. The predicted octanol–water partition coefficient (Wildman–Crippen LogP) is 4.76. The Morgan fingerprint density at radius 2 is 1.62 bits per heavy atom. The summed E-state index contributed by atoms with van der Waals surface area (Å²) < 4.78 is 16.2. The van der Waals surface area contributed by atoms with Crippen LogP contribution in [0.2, 0.25) is 0 Å². The smallest absolute Gasteiger partial charge is 0.262 e. The second-order valence-electron chi connectivity index (χ2n) is 7.42. The van der Waals surface area contributed by atoms with Crippen molar-refractivity contribution in [3.05, 3.63) is 83.9 Å². The van der Waals surface area contributed by atoms with Gasteiger partial charge < -0.3 is 19.5 Å². The van der Waals surface area contributed by atoms with Crippen molar-refractivity contribution in [2.75, 3.05) is 18.7 Å². The summed E-state index contributed by atoms with van der Waals surface area (Å²) in [4.78, 5) is 12.2. The fourth-order valence-electron chi connectivity index (χ4n) is 3.31. The number of hydrogen-bond donors (Lipinski definition) is 1. The Labute approximate surface area is 170 Å². The molecule has 4 rings (SSSR count). The summed E-state index contributed by atoms with van der Waals surface area (Å²) in [7, 11) is 0. The van der Waals surface area contributed by atoms with Crippen molar-refractivity contribution in [1.82, 2.24) is 0 Å². The minimum atomic E-state index is -0.238. The van der Waals surface area contributed by atoms with Gasteiger partial charge in [-0.3, -0.25) is 4.79 Å². The number of fused-ring (bicyclic) bond motifs is 1. The highest BCUT2D eigenvalue weighted by molar-refractivity contribution is 5.92. The average molecular weight is 389 g/mol.